The van der Waals surface area contributed by atoms with E-state index in [0.29, 0.717) is 6.54 Å². The number of carbonyl (C=O) groups excluding carboxylic acids is 1. The molecule has 6 nitrogen and oxygen atoms in total. The summed E-state index contributed by atoms with van der Waals surface area (Å²) in [5.41, 5.74) is 2.23. The van der Waals surface area contributed by atoms with Crippen molar-refractivity contribution in [1.82, 2.24) is 24.7 Å². The van der Waals surface area contributed by atoms with Crippen molar-refractivity contribution in [1.29, 1.82) is 0 Å². The minimum absolute atomic E-state index is 0.119. The van der Waals surface area contributed by atoms with Gasteiger partial charge in [-0.15, -0.1) is 0 Å². The summed E-state index contributed by atoms with van der Waals surface area (Å²) in [6.45, 7) is 9.14. The van der Waals surface area contributed by atoms with Crippen LogP contribution in [0.5, 0.6) is 0 Å². The Balaban J connectivity index is 1.53. The number of hydrogen-bond donors (Lipinski definition) is 1. The van der Waals surface area contributed by atoms with Gasteiger partial charge in [-0.1, -0.05) is 12.1 Å². The largest absolute Gasteiger partial charge is 0.353 e. The molecule has 0 radical (unpaired) electrons. The van der Waals surface area contributed by atoms with Gasteiger partial charge < -0.3 is 9.88 Å². The molecular formula is C18H27N5O. The number of piperazine rings is 1. The lowest BCUT2D eigenvalue weighted by molar-refractivity contribution is -0.123. The third-order valence-electron chi connectivity index (χ3n) is 4.53. The van der Waals surface area contributed by atoms with Gasteiger partial charge in [0.25, 0.3) is 0 Å². The van der Waals surface area contributed by atoms with E-state index in [1.807, 2.05) is 19.9 Å². The number of aromatic nitrogens is 2. The molecule has 1 aliphatic rings. The maximum atomic E-state index is 11.9. The molecule has 0 aliphatic carbocycles. The van der Waals surface area contributed by atoms with Crippen molar-refractivity contribution in [2.45, 2.75) is 26.4 Å². The van der Waals surface area contributed by atoms with Crippen molar-refractivity contribution in [3.63, 3.8) is 0 Å². The number of nitrogens with zero attached hydrogens (tertiary/aromatic N) is 4. The highest BCUT2D eigenvalue weighted by Gasteiger charge is 2.20. The number of imidazole rings is 1. The van der Waals surface area contributed by atoms with Crippen LogP contribution in [-0.4, -0.2) is 64.0 Å². The van der Waals surface area contributed by atoms with E-state index in [1.54, 1.807) is 0 Å². The number of fused-ring (bicyclic) bond motifs is 1. The molecule has 0 unspecified atom stereocenters. The Kier molecular flexibility index (Phi) is 5.16. The molecule has 1 saturated heterocycles. The smallest absolute Gasteiger partial charge is 0.234 e. The van der Waals surface area contributed by atoms with Gasteiger partial charge >= 0.3 is 0 Å². The molecule has 1 aromatic heterocycles. The molecule has 2 aromatic rings. The lowest BCUT2D eigenvalue weighted by Gasteiger charge is -2.34. The van der Waals surface area contributed by atoms with Crippen molar-refractivity contribution >= 4 is 16.9 Å². The van der Waals surface area contributed by atoms with Crippen LogP contribution >= 0.6 is 0 Å². The Labute approximate surface area is 143 Å². The van der Waals surface area contributed by atoms with Crippen LogP contribution in [0.4, 0.5) is 0 Å². The predicted molar refractivity (Wildman–Crippen MR) is 95.7 cm³/mol. The first kappa shape index (κ1) is 16.9. The summed E-state index contributed by atoms with van der Waals surface area (Å²) in [6.07, 6.45) is 0. The molecule has 6 heteroatoms. The Hall–Kier alpha value is -1.92. The van der Waals surface area contributed by atoms with Crippen LogP contribution in [0.1, 0.15) is 19.7 Å². The molecule has 130 valence electrons. The molecule has 1 N–H and O–H groups in total. The first-order valence-electron chi connectivity index (χ1n) is 8.67. The van der Waals surface area contributed by atoms with E-state index in [9.17, 15) is 4.79 Å². The second-order valence-corrected chi connectivity index (χ2v) is 6.85. The molecule has 1 aliphatic heterocycles. The molecule has 1 fully saturated rings. The zero-order valence-corrected chi connectivity index (χ0v) is 14.8. The minimum Gasteiger partial charge on any atom is -0.353 e. The Morgan fingerprint density at radius 1 is 1.17 bits per heavy atom. The fourth-order valence-electron chi connectivity index (χ4n) is 3.21. The van der Waals surface area contributed by atoms with Crippen LogP contribution in [0.2, 0.25) is 0 Å². The predicted octanol–water partition coefficient (Wildman–Crippen LogP) is 1.22. The van der Waals surface area contributed by atoms with E-state index in [1.165, 1.54) is 5.52 Å². The average molecular weight is 329 g/mol. The second kappa shape index (κ2) is 7.32. The Morgan fingerprint density at radius 3 is 2.50 bits per heavy atom. The molecule has 1 amide bonds. The van der Waals surface area contributed by atoms with Crippen molar-refractivity contribution < 1.29 is 4.79 Å². The van der Waals surface area contributed by atoms with E-state index in [4.69, 9.17) is 4.98 Å². The zero-order valence-electron chi connectivity index (χ0n) is 14.8. The van der Waals surface area contributed by atoms with Crippen LogP contribution in [0.25, 0.3) is 11.0 Å². The Bertz CT molecular complexity index is 700. The van der Waals surface area contributed by atoms with Gasteiger partial charge in [0.2, 0.25) is 5.91 Å². The highest BCUT2D eigenvalue weighted by atomic mass is 16.2. The molecule has 1 aromatic carbocycles. The highest BCUT2D eigenvalue weighted by molar-refractivity contribution is 5.78. The number of nitrogens with one attached hydrogen (secondary N) is 1. The van der Waals surface area contributed by atoms with E-state index in [0.717, 1.165) is 44.1 Å². The first-order chi connectivity index (χ1) is 11.5. The molecule has 0 atom stereocenters. The van der Waals surface area contributed by atoms with Gasteiger partial charge in [-0.25, -0.2) is 4.98 Å². The number of carbonyl (C=O) groups is 1. The fourth-order valence-corrected chi connectivity index (χ4v) is 3.21. The summed E-state index contributed by atoms with van der Waals surface area (Å²) in [5, 5.41) is 2.96. The third kappa shape index (κ3) is 3.94. The van der Waals surface area contributed by atoms with Gasteiger partial charge in [0.1, 0.15) is 5.82 Å². The van der Waals surface area contributed by atoms with Crippen LogP contribution in [0.3, 0.4) is 0 Å². The minimum atomic E-state index is 0.119. The summed E-state index contributed by atoms with van der Waals surface area (Å²) < 4.78 is 2.18. The molecule has 3 rings (SSSR count). The highest BCUT2D eigenvalue weighted by Crippen LogP contribution is 2.16. The number of benzene rings is 1. The SMILES string of the molecule is CC(C)NC(=O)CN1CCN(Cc2nc3ccccc3n2C)CC1. The first-order valence-corrected chi connectivity index (χ1v) is 8.67. The fraction of sp³-hybridized carbons (Fsp3) is 0.556. The van der Waals surface area contributed by atoms with E-state index in [-0.39, 0.29) is 11.9 Å². The molecule has 24 heavy (non-hydrogen) atoms. The maximum Gasteiger partial charge on any atom is 0.234 e. The summed E-state index contributed by atoms with van der Waals surface area (Å²) in [6, 6.07) is 8.45. The van der Waals surface area contributed by atoms with Gasteiger partial charge in [0.15, 0.2) is 0 Å². The van der Waals surface area contributed by atoms with Crippen molar-refractivity contribution in [3.8, 4) is 0 Å². The van der Waals surface area contributed by atoms with Gasteiger partial charge in [0, 0.05) is 39.3 Å². The average Bonchev–Trinajstić information content (AvgIpc) is 2.85. The molecule has 2 heterocycles. The van der Waals surface area contributed by atoms with Gasteiger partial charge in [-0.05, 0) is 26.0 Å². The van der Waals surface area contributed by atoms with E-state index >= 15 is 0 Å². The maximum absolute atomic E-state index is 11.9. The summed E-state index contributed by atoms with van der Waals surface area (Å²) in [4.78, 5) is 21.2. The van der Waals surface area contributed by atoms with E-state index in [2.05, 4.69) is 44.9 Å². The number of amides is 1. The quantitative estimate of drug-likeness (QED) is 0.896. The summed E-state index contributed by atoms with van der Waals surface area (Å²) >= 11 is 0. The van der Waals surface area contributed by atoms with Crippen LogP contribution < -0.4 is 5.32 Å². The number of hydrogen-bond acceptors (Lipinski definition) is 4. The van der Waals surface area contributed by atoms with Gasteiger partial charge in [-0.3, -0.25) is 14.6 Å². The lowest BCUT2D eigenvalue weighted by Crippen LogP contribution is -2.49. The molecule has 0 spiro atoms. The van der Waals surface area contributed by atoms with Crippen LogP contribution in [0.15, 0.2) is 24.3 Å². The number of rotatable bonds is 5. The summed E-state index contributed by atoms with van der Waals surface area (Å²) in [7, 11) is 2.08. The van der Waals surface area contributed by atoms with Crippen molar-refractivity contribution in [2.75, 3.05) is 32.7 Å². The molecular weight excluding hydrogens is 302 g/mol. The van der Waals surface area contributed by atoms with Crippen molar-refractivity contribution in [3.05, 3.63) is 30.1 Å². The number of aryl methyl sites for hydroxylation is 1. The monoisotopic (exact) mass is 329 g/mol. The van der Waals surface area contributed by atoms with Crippen LogP contribution in [-0.2, 0) is 18.4 Å². The van der Waals surface area contributed by atoms with E-state index < -0.39 is 0 Å². The standard InChI is InChI=1S/C18H27N5O/c1-14(2)19-18(24)13-23-10-8-22(9-11-23)12-17-20-15-6-4-5-7-16(15)21(17)3/h4-7,14H,8-13H2,1-3H3,(H,19,24). The lowest BCUT2D eigenvalue weighted by atomic mass is 10.3. The second-order valence-electron chi connectivity index (χ2n) is 6.85. The van der Waals surface area contributed by atoms with Gasteiger partial charge in [0.05, 0.1) is 24.1 Å². The zero-order chi connectivity index (χ0) is 17.1. The topological polar surface area (TPSA) is 53.4 Å². The van der Waals surface area contributed by atoms with Crippen molar-refractivity contribution in [2.24, 2.45) is 7.05 Å². The normalized spacial score (nSPS) is 16.8. The molecule has 0 saturated carbocycles. The number of para-hydroxylation sites is 2. The van der Waals surface area contributed by atoms with Crippen LogP contribution in [0, 0.1) is 0 Å². The van der Waals surface area contributed by atoms with Gasteiger partial charge in [-0.2, -0.15) is 0 Å². The molecule has 0 bridgehead atoms. The summed E-state index contributed by atoms with van der Waals surface area (Å²) in [5.74, 6) is 1.22. The third-order valence-corrected chi connectivity index (χ3v) is 4.53. The Morgan fingerprint density at radius 2 is 1.83 bits per heavy atom.